The van der Waals surface area contributed by atoms with Crippen molar-refractivity contribution in [3.8, 4) is 0 Å². The minimum atomic E-state index is -0.0365. The number of amides is 1. The van der Waals surface area contributed by atoms with Crippen molar-refractivity contribution in [3.63, 3.8) is 0 Å². The molecule has 1 aromatic rings. The van der Waals surface area contributed by atoms with Crippen molar-refractivity contribution in [2.45, 2.75) is 26.3 Å². The van der Waals surface area contributed by atoms with Gasteiger partial charge in [-0.3, -0.25) is 4.79 Å². The fourth-order valence-electron chi connectivity index (χ4n) is 1.27. The second-order valence-electron chi connectivity index (χ2n) is 4.06. The normalized spacial score (nSPS) is 24.0. The first-order chi connectivity index (χ1) is 6.09. The molecule has 1 saturated carbocycles. The molecule has 0 radical (unpaired) electrons. The van der Waals surface area contributed by atoms with E-state index in [4.69, 9.17) is 0 Å². The van der Waals surface area contributed by atoms with Gasteiger partial charge >= 0.3 is 0 Å². The molecular formula is C9H12N2OS. The average molecular weight is 196 g/mol. The van der Waals surface area contributed by atoms with E-state index >= 15 is 0 Å². The van der Waals surface area contributed by atoms with E-state index in [1.165, 1.54) is 11.3 Å². The first kappa shape index (κ1) is 8.69. The van der Waals surface area contributed by atoms with Crippen LogP contribution in [0.1, 0.15) is 30.1 Å². The average Bonchev–Trinajstić information content (AvgIpc) is 2.58. The fourth-order valence-corrected chi connectivity index (χ4v) is 1.81. The van der Waals surface area contributed by atoms with Crippen LogP contribution in [-0.4, -0.2) is 16.9 Å². The van der Waals surface area contributed by atoms with Crippen LogP contribution in [0.15, 0.2) is 11.6 Å². The summed E-state index contributed by atoms with van der Waals surface area (Å²) in [6.45, 7) is 4.31. The molecule has 4 heteroatoms. The summed E-state index contributed by atoms with van der Waals surface area (Å²) >= 11 is 1.38. The third kappa shape index (κ3) is 1.72. The van der Waals surface area contributed by atoms with Crippen LogP contribution in [0.3, 0.4) is 0 Å². The molecule has 1 fully saturated rings. The number of hydrogen-bond donors (Lipinski definition) is 1. The summed E-state index contributed by atoms with van der Waals surface area (Å²) in [5.74, 6) is -0.0365. The smallest absolute Gasteiger partial charge is 0.280 e. The van der Waals surface area contributed by atoms with Crippen LogP contribution < -0.4 is 5.32 Å². The Kier molecular flexibility index (Phi) is 1.87. The zero-order valence-corrected chi connectivity index (χ0v) is 8.52. The van der Waals surface area contributed by atoms with E-state index in [1.807, 2.05) is 5.38 Å². The van der Waals surface area contributed by atoms with Crippen LogP contribution in [0.4, 0.5) is 0 Å². The third-order valence-corrected chi connectivity index (χ3v) is 3.22. The zero-order valence-electron chi connectivity index (χ0n) is 7.70. The van der Waals surface area contributed by atoms with E-state index in [9.17, 15) is 4.79 Å². The van der Waals surface area contributed by atoms with Crippen LogP contribution in [-0.2, 0) is 0 Å². The number of carbonyl (C=O) groups is 1. The summed E-state index contributed by atoms with van der Waals surface area (Å²) < 4.78 is 0. The van der Waals surface area contributed by atoms with Gasteiger partial charge in [0.05, 0.1) is 0 Å². The van der Waals surface area contributed by atoms with Gasteiger partial charge in [-0.05, 0) is 11.8 Å². The van der Waals surface area contributed by atoms with Crippen LogP contribution >= 0.6 is 11.3 Å². The molecule has 70 valence electrons. The van der Waals surface area contributed by atoms with Crippen LogP contribution in [0.5, 0.6) is 0 Å². The first-order valence-corrected chi connectivity index (χ1v) is 5.18. The summed E-state index contributed by atoms with van der Waals surface area (Å²) in [6, 6.07) is 0.337. The molecule has 1 amide bonds. The minimum Gasteiger partial charge on any atom is -0.347 e. The minimum absolute atomic E-state index is 0.0365. The van der Waals surface area contributed by atoms with Crippen molar-refractivity contribution in [3.05, 3.63) is 16.6 Å². The predicted molar refractivity (Wildman–Crippen MR) is 51.8 cm³/mol. The van der Waals surface area contributed by atoms with Gasteiger partial charge in [0.25, 0.3) is 5.91 Å². The Morgan fingerprint density at radius 3 is 2.92 bits per heavy atom. The van der Waals surface area contributed by atoms with Gasteiger partial charge in [-0.25, -0.2) is 4.98 Å². The van der Waals surface area contributed by atoms with Crippen LogP contribution in [0.2, 0.25) is 0 Å². The summed E-state index contributed by atoms with van der Waals surface area (Å²) in [5.41, 5.74) is 0.285. The largest absolute Gasteiger partial charge is 0.347 e. The van der Waals surface area contributed by atoms with E-state index < -0.39 is 0 Å². The van der Waals surface area contributed by atoms with E-state index in [0.29, 0.717) is 11.0 Å². The molecule has 0 aliphatic heterocycles. The SMILES string of the molecule is CC1(C)CC1NC(=O)c1nccs1. The topological polar surface area (TPSA) is 42.0 Å². The lowest BCUT2D eigenvalue weighted by atomic mass is 10.2. The number of aromatic nitrogens is 1. The van der Waals surface area contributed by atoms with E-state index in [2.05, 4.69) is 24.1 Å². The second-order valence-corrected chi connectivity index (χ2v) is 4.95. The summed E-state index contributed by atoms with van der Waals surface area (Å²) in [4.78, 5) is 15.4. The van der Waals surface area contributed by atoms with Gasteiger partial charge in [0, 0.05) is 17.6 Å². The molecule has 0 saturated heterocycles. The molecule has 1 aliphatic carbocycles. The molecule has 1 aliphatic rings. The number of nitrogens with zero attached hydrogens (tertiary/aromatic N) is 1. The Morgan fingerprint density at radius 2 is 2.46 bits per heavy atom. The number of thiazole rings is 1. The van der Waals surface area contributed by atoms with Gasteiger partial charge in [-0.15, -0.1) is 11.3 Å². The van der Waals surface area contributed by atoms with Crippen molar-refractivity contribution in [2.75, 3.05) is 0 Å². The van der Waals surface area contributed by atoms with Crippen LogP contribution in [0.25, 0.3) is 0 Å². The highest BCUT2D eigenvalue weighted by Crippen LogP contribution is 2.44. The lowest BCUT2D eigenvalue weighted by Gasteiger charge is -2.03. The number of rotatable bonds is 2. The van der Waals surface area contributed by atoms with Crippen molar-refractivity contribution in [1.82, 2.24) is 10.3 Å². The Labute approximate surface area is 81.2 Å². The quantitative estimate of drug-likeness (QED) is 0.781. The second kappa shape index (κ2) is 2.80. The van der Waals surface area contributed by atoms with Gasteiger partial charge in [-0.1, -0.05) is 13.8 Å². The molecule has 1 heterocycles. The first-order valence-electron chi connectivity index (χ1n) is 4.30. The van der Waals surface area contributed by atoms with Gasteiger partial charge < -0.3 is 5.32 Å². The van der Waals surface area contributed by atoms with E-state index in [1.54, 1.807) is 6.20 Å². The molecule has 0 aromatic carbocycles. The maximum Gasteiger partial charge on any atom is 0.280 e. The summed E-state index contributed by atoms with van der Waals surface area (Å²) in [6.07, 6.45) is 2.72. The maximum absolute atomic E-state index is 11.5. The van der Waals surface area contributed by atoms with Crippen molar-refractivity contribution < 1.29 is 4.79 Å². The standard InChI is InChI=1S/C9H12N2OS/c1-9(2)5-6(9)11-7(12)8-10-3-4-13-8/h3-4,6H,5H2,1-2H3,(H,11,12). The number of hydrogen-bond acceptors (Lipinski definition) is 3. The molecule has 1 N–H and O–H groups in total. The summed E-state index contributed by atoms with van der Waals surface area (Å²) in [5, 5.41) is 5.33. The highest BCUT2D eigenvalue weighted by Gasteiger charge is 2.46. The molecule has 3 nitrogen and oxygen atoms in total. The molecule has 1 atom stereocenters. The molecule has 1 aromatic heterocycles. The Hall–Kier alpha value is -0.900. The summed E-state index contributed by atoms with van der Waals surface area (Å²) in [7, 11) is 0. The zero-order chi connectivity index (χ0) is 9.47. The molecular weight excluding hydrogens is 184 g/mol. The van der Waals surface area contributed by atoms with Crippen molar-refractivity contribution >= 4 is 17.2 Å². The molecule has 0 spiro atoms. The van der Waals surface area contributed by atoms with E-state index in [-0.39, 0.29) is 11.3 Å². The van der Waals surface area contributed by atoms with Crippen LogP contribution in [0, 0.1) is 5.41 Å². The predicted octanol–water partition coefficient (Wildman–Crippen LogP) is 1.67. The Bertz CT molecular complexity index is 318. The van der Waals surface area contributed by atoms with Crippen molar-refractivity contribution in [1.29, 1.82) is 0 Å². The molecule has 1 unspecified atom stereocenters. The van der Waals surface area contributed by atoms with Gasteiger partial charge in [0.15, 0.2) is 5.01 Å². The molecule has 0 bridgehead atoms. The highest BCUT2D eigenvalue weighted by molar-refractivity contribution is 7.11. The lowest BCUT2D eigenvalue weighted by Crippen LogP contribution is -2.28. The third-order valence-electron chi connectivity index (χ3n) is 2.45. The van der Waals surface area contributed by atoms with Gasteiger partial charge in [0.2, 0.25) is 0 Å². The van der Waals surface area contributed by atoms with E-state index in [0.717, 1.165) is 6.42 Å². The van der Waals surface area contributed by atoms with Gasteiger partial charge in [0.1, 0.15) is 0 Å². The molecule has 13 heavy (non-hydrogen) atoms. The Morgan fingerprint density at radius 1 is 1.77 bits per heavy atom. The monoisotopic (exact) mass is 196 g/mol. The fraction of sp³-hybridized carbons (Fsp3) is 0.556. The number of nitrogens with one attached hydrogen (secondary N) is 1. The highest BCUT2D eigenvalue weighted by atomic mass is 32.1. The maximum atomic E-state index is 11.5. The molecule has 2 rings (SSSR count). The van der Waals surface area contributed by atoms with Crippen molar-refractivity contribution in [2.24, 2.45) is 5.41 Å². The number of carbonyl (C=O) groups excluding carboxylic acids is 1. The van der Waals surface area contributed by atoms with Gasteiger partial charge in [-0.2, -0.15) is 0 Å². The lowest BCUT2D eigenvalue weighted by molar-refractivity contribution is 0.0946. The Balaban J connectivity index is 1.94.